The number of likely N-dealkylation sites (tertiary alicyclic amines) is 1. The third kappa shape index (κ3) is 6.42. The monoisotopic (exact) mass is 431 g/mol. The number of hydrogen-bond donors (Lipinski definition) is 3. The number of halogens is 3. The molecule has 0 saturated carbocycles. The highest BCUT2D eigenvalue weighted by Gasteiger charge is 2.44. The van der Waals surface area contributed by atoms with E-state index in [0.29, 0.717) is 12.8 Å². The first-order valence-electron chi connectivity index (χ1n) is 9.40. The molecule has 11 heteroatoms. The van der Waals surface area contributed by atoms with Crippen LogP contribution in [0.5, 0.6) is 0 Å². The largest absolute Gasteiger partial charge is 0.459 e. The molecule has 8 nitrogen and oxygen atoms in total. The van der Waals surface area contributed by atoms with E-state index in [1.54, 1.807) is 30.3 Å². The van der Waals surface area contributed by atoms with Gasteiger partial charge < -0.3 is 9.64 Å². The summed E-state index contributed by atoms with van der Waals surface area (Å²) in [5, 5.41) is 10.5. The van der Waals surface area contributed by atoms with Crippen LogP contribution in [0.15, 0.2) is 30.3 Å². The smallest absolute Gasteiger partial charge is 0.404 e. The predicted molar refractivity (Wildman–Crippen MR) is 98.0 cm³/mol. The van der Waals surface area contributed by atoms with Crippen molar-refractivity contribution >= 4 is 17.8 Å². The van der Waals surface area contributed by atoms with E-state index in [9.17, 15) is 27.6 Å². The highest BCUT2D eigenvalue weighted by Crippen LogP contribution is 2.26. The number of esters is 1. The predicted octanol–water partition coefficient (Wildman–Crippen LogP) is 1.53. The number of nitrogens with one attached hydrogen (secondary N) is 2. The van der Waals surface area contributed by atoms with Crippen LogP contribution in [0.3, 0.4) is 0 Å². The van der Waals surface area contributed by atoms with Gasteiger partial charge in [-0.2, -0.15) is 13.2 Å². The van der Waals surface area contributed by atoms with Crippen molar-refractivity contribution < 1.29 is 37.5 Å². The molecule has 3 N–H and O–H groups in total. The fourth-order valence-corrected chi connectivity index (χ4v) is 3.17. The van der Waals surface area contributed by atoms with Gasteiger partial charge in [0, 0.05) is 6.54 Å². The maximum absolute atomic E-state index is 13.3. The van der Waals surface area contributed by atoms with Crippen LogP contribution in [0.2, 0.25) is 0 Å². The van der Waals surface area contributed by atoms with Crippen molar-refractivity contribution in [3.8, 4) is 0 Å². The van der Waals surface area contributed by atoms with Gasteiger partial charge in [0.2, 0.25) is 5.91 Å². The normalized spacial score (nSPS) is 18.6. The molecule has 1 unspecified atom stereocenters. The Kier molecular flexibility index (Phi) is 8.18. The van der Waals surface area contributed by atoms with Gasteiger partial charge in [0.25, 0.3) is 5.91 Å². The topological polar surface area (TPSA) is 108 Å². The van der Waals surface area contributed by atoms with Crippen LogP contribution in [0.4, 0.5) is 13.2 Å². The van der Waals surface area contributed by atoms with E-state index in [1.165, 1.54) is 5.48 Å². The Morgan fingerprint density at radius 1 is 1.27 bits per heavy atom. The van der Waals surface area contributed by atoms with Crippen molar-refractivity contribution in [1.29, 1.82) is 0 Å². The van der Waals surface area contributed by atoms with Gasteiger partial charge in [0.15, 0.2) is 0 Å². The van der Waals surface area contributed by atoms with E-state index in [1.807, 2.05) is 5.32 Å². The van der Waals surface area contributed by atoms with Crippen LogP contribution < -0.4 is 10.8 Å². The minimum absolute atomic E-state index is 0.00127. The summed E-state index contributed by atoms with van der Waals surface area (Å²) < 4.78 is 45.2. The molecule has 1 fully saturated rings. The van der Waals surface area contributed by atoms with E-state index in [-0.39, 0.29) is 13.2 Å². The van der Waals surface area contributed by atoms with Gasteiger partial charge in [-0.15, -0.1) is 0 Å². The first-order chi connectivity index (χ1) is 14.1. The fourth-order valence-electron chi connectivity index (χ4n) is 3.17. The SMILES string of the molecule is C[C@H](NC(CC(=O)N1CCC[C@H]1C(=O)OCc1ccccc1)C(F)(F)F)C(=O)NO. The van der Waals surface area contributed by atoms with Crippen molar-refractivity contribution in [3.63, 3.8) is 0 Å². The molecule has 1 heterocycles. The summed E-state index contributed by atoms with van der Waals surface area (Å²) >= 11 is 0. The van der Waals surface area contributed by atoms with Crippen molar-refractivity contribution in [2.75, 3.05) is 6.54 Å². The number of nitrogens with zero attached hydrogens (tertiary/aromatic N) is 1. The van der Waals surface area contributed by atoms with Crippen molar-refractivity contribution in [1.82, 2.24) is 15.7 Å². The van der Waals surface area contributed by atoms with Crippen molar-refractivity contribution in [2.24, 2.45) is 0 Å². The van der Waals surface area contributed by atoms with Gasteiger partial charge in [-0.25, -0.2) is 10.3 Å². The van der Waals surface area contributed by atoms with Crippen LogP contribution in [0, 0.1) is 0 Å². The lowest BCUT2D eigenvalue weighted by atomic mass is 10.1. The Balaban J connectivity index is 2.00. The van der Waals surface area contributed by atoms with Gasteiger partial charge >= 0.3 is 12.1 Å². The van der Waals surface area contributed by atoms with E-state index in [0.717, 1.165) is 17.4 Å². The first kappa shape index (κ1) is 23.6. The molecule has 0 radical (unpaired) electrons. The highest BCUT2D eigenvalue weighted by atomic mass is 19.4. The van der Waals surface area contributed by atoms with Crippen LogP contribution in [-0.4, -0.2) is 58.7 Å². The number of carbonyl (C=O) groups is 3. The second-order valence-corrected chi connectivity index (χ2v) is 7.00. The lowest BCUT2D eigenvalue weighted by molar-refractivity contribution is -0.169. The zero-order valence-corrected chi connectivity index (χ0v) is 16.3. The molecule has 1 aliphatic heterocycles. The van der Waals surface area contributed by atoms with Gasteiger partial charge in [-0.3, -0.25) is 20.1 Å². The molecule has 0 bridgehead atoms. The molecular weight excluding hydrogens is 407 g/mol. The minimum Gasteiger partial charge on any atom is -0.459 e. The number of carbonyl (C=O) groups excluding carboxylic acids is 3. The van der Waals surface area contributed by atoms with Crippen LogP contribution in [0.1, 0.15) is 31.7 Å². The maximum Gasteiger partial charge on any atom is 0.404 e. The van der Waals surface area contributed by atoms with Gasteiger partial charge in [-0.1, -0.05) is 30.3 Å². The number of hydrogen-bond acceptors (Lipinski definition) is 6. The average Bonchev–Trinajstić information content (AvgIpc) is 3.21. The highest BCUT2D eigenvalue weighted by molar-refractivity contribution is 5.85. The van der Waals surface area contributed by atoms with Crippen molar-refractivity contribution in [2.45, 2.75) is 57.1 Å². The molecule has 30 heavy (non-hydrogen) atoms. The van der Waals surface area contributed by atoms with E-state index in [4.69, 9.17) is 9.94 Å². The van der Waals surface area contributed by atoms with E-state index in [2.05, 4.69) is 0 Å². The number of benzene rings is 1. The van der Waals surface area contributed by atoms with Crippen molar-refractivity contribution in [3.05, 3.63) is 35.9 Å². The van der Waals surface area contributed by atoms with E-state index < -0.39 is 48.5 Å². The Bertz CT molecular complexity index is 745. The van der Waals surface area contributed by atoms with Gasteiger partial charge in [0.1, 0.15) is 18.7 Å². The van der Waals surface area contributed by atoms with Gasteiger partial charge in [0.05, 0.1) is 12.5 Å². The molecule has 1 aromatic carbocycles. The molecule has 2 rings (SSSR count). The zero-order chi connectivity index (χ0) is 22.3. The molecule has 1 aliphatic rings. The summed E-state index contributed by atoms with van der Waals surface area (Å²) in [7, 11) is 0. The zero-order valence-electron chi connectivity index (χ0n) is 16.3. The molecular formula is C19H24F3N3O5. The third-order valence-corrected chi connectivity index (χ3v) is 4.80. The summed E-state index contributed by atoms with van der Waals surface area (Å²) in [5.41, 5.74) is 2.00. The molecule has 0 aromatic heterocycles. The molecule has 3 atom stereocenters. The Morgan fingerprint density at radius 2 is 1.93 bits per heavy atom. The summed E-state index contributed by atoms with van der Waals surface area (Å²) in [5.74, 6) is -2.62. The second kappa shape index (κ2) is 10.4. The van der Waals surface area contributed by atoms with Crippen LogP contribution in [0.25, 0.3) is 0 Å². The van der Waals surface area contributed by atoms with Crippen LogP contribution in [-0.2, 0) is 25.7 Å². The molecule has 1 aromatic rings. The summed E-state index contributed by atoms with van der Waals surface area (Å²) in [6, 6.07) is 4.21. The number of alkyl halides is 3. The maximum atomic E-state index is 13.3. The Hall–Kier alpha value is -2.66. The molecule has 166 valence electrons. The second-order valence-electron chi connectivity index (χ2n) is 7.00. The van der Waals surface area contributed by atoms with E-state index >= 15 is 0 Å². The quantitative estimate of drug-likeness (QED) is 0.327. The molecule has 2 amide bonds. The number of hydroxylamine groups is 1. The summed E-state index contributed by atoms with van der Waals surface area (Å²) in [4.78, 5) is 37.3. The Labute approximate surface area is 171 Å². The lowest BCUT2D eigenvalue weighted by Crippen LogP contribution is -2.54. The number of ether oxygens (including phenoxy) is 1. The molecule has 1 saturated heterocycles. The summed E-state index contributed by atoms with van der Waals surface area (Å²) in [6.45, 7) is 1.26. The molecule has 0 aliphatic carbocycles. The van der Waals surface area contributed by atoms with Crippen LogP contribution >= 0.6 is 0 Å². The first-order valence-corrected chi connectivity index (χ1v) is 9.40. The Morgan fingerprint density at radius 3 is 2.53 bits per heavy atom. The van der Waals surface area contributed by atoms with Gasteiger partial charge in [-0.05, 0) is 25.3 Å². The standard InChI is InChI=1S/C19H24F3N3O5/c1-12(17(27)24-29)23-15(19(20,21)22)10-16(26)25-9-5-8-14(25)18(28)30-11-13-6-3-2-4-7-13/h2-4,6-7,12,14-15,23,29H,5,8-11H2,1H3,(H,24,27)/t12-,14-,15?/m0/s1. The minimum atomic E-state index is -4.82. The summed E-state index contributed by atoms with van der Waals surface area (Å²) in [6.07, 6.45) is -5.05. The lowest BCUT2D eigenvalue weighted by Gasteiger charge is -2.28. The number of rotatable bonds is 8. The average molecular weight is 431 g/mol. The fraction of sp³-hybridized carbons (Fsp3) is 0.526. The molecule has 0 spiro atoms. The number of amides is 2. The third-order valence-electron chi connectivity index (χ3n) is 4.80.